The predicted octanol–water partition coefficient (Wildman–Crippen LogP) is 2.20. The van der Waals surface area contributed by atoms with Crippen LogP contribution < -0.4 is 0 Å². The summed E-state index contributed by atoms with van der Waals surface area (Å²) in [6, 6.07) is 3.86. The van der Waals surface area contributed by atoms with Crippen LogP contribution in [0.2, 0.25) is 0 Å². The Morgan fingerprint density at radius 1 is 1.50 bits per heavy atom. The van der Waals surface area contributed by atoms with E-state index in [2.05, 4.69) is 11.8 Å². The molecule has 0 unspecified atom stereocenters. The van der Waals surface area contributed by atoms with Crippen molar-refractivity contribution in [3.05, 3.63) is 29.7 Å². The van der Waals surface area contributed by atoms with Crippen LogP contribution in [0.15, 0.2) is 28.4 Å². The third-order valence-electron chi connectivity index (χ3n) is 3.25. The first-order valence-corrected chi connectivity index (χ1v) is 5.59. The molecular weight excluding hydrogens is 202 g/mol. The minimum atomic E-state index is 0.0717. The summed E-state index contributed by atoms with van der Waals surface area (Å²) in [6.45, 7) is 4.86. The van der Waals surface area contributed by atoms with Crippen molar-refractivity contribution in [3.8, 4) is 0 Å². The number of carbonyl (C=O) groups excluding carboxylic acids is 1. The third-order valence-corrected chi connectivity index (χ3v) is 3.25. The van der Waals surface area contributed by atoms with E-state index in [0.717, 1.165) is 17.9 Å². The number of Topliss-reactive ketones (excluding diaryl/α,β-unsaturated/α-hetero) is 1. The Bertz CT molecular complexity index is 406. The largest absolute Gasteiger partial charge is 0.465 e. The standard InChI is InChI=1S/C13H17NO2/c1-9-8-14(3)10(2)12(13(9)15)7-11-5-4-6-16-11/h4-7,9-10H,8H2,1-3H3/t9-,10-/m1/s1. The zero-order chi connectivity index (χ0) is 11.7. The van der Waals surface area contributed by atoms with Crippen molar-refractivity contribution in [3.63, 3.8) is 0 Å². The average Bonchev–Trinajstić information content (AvgIpc) is 2.74. The van der Waals surface area contributed by atoms with Crippen LogP contribution in [-0.4, -0.2) is 30.3 Å². The first-order chi connectivity index (χ1) is 7.59. The molecule has 0 N–H and O–H groups in total. The van der Waals surface area contributed by atoms with Gasteiger partial charge in [0.15, 0.2) is 5.78 Å². The monoisotopic (exact) mass is 219 g/mol. The lowest BCUT2D eigenvalue weighted by Gasteiger charge is -2.34. The Morgan fingerprint density at radius 2 is 2.25 bits per heavy atom. The fraction of sp³-hybridized carbons (Fsp3) is 0.462. The van der Waals surface area contributed by atoms with E-state index in [1.807, 2.05) is 32.2 Å². The molecular formula is C13H17NO2. The van der Waals surface area contributed by atoms with Crippen LogP contribution in [0.5, 0.6) is 0 Å². The van der Waals surface area contributed by atoms with Gasteiger partial charge in [-0.2, -0.15) is 0 Å². The number of ketones is 1. The lowest BCUT2D eigenvalue weighted by Crippen LogP contribution is -2.44. The number of nitrogens with zero attached hydrogens (tertiary/aromatic N) is 1. The van der Waals surface area contributed by atoms with Gasteiger partial charge in [0.25, 0.3) is 0 Å². The van der Waals surface area contributed by atoms with Crippen molar-refractivity contribution >= 4 is 11.9 Å². The van der Waals surface area contributed by atoms with Crippen molar-refractivity contribution in [2.45, 2.75) is 19.9 Å². The van der Waals surface area contributed by atoms with E-state index in [1.54, 1.807) is 6.26 Å². The minimum Gasteiger partial charge on any atom is -0.465 e. The van der Waals surface area contributed by atoms with Gasteiger partial charge >= 0.3 is 0 Å². The summed E-state index contributed by atoms with van der Waals surface area (Å²) in [7, 11) is 2.05. The van der Waals surface area contributed by atoms with Crippen molar-refractivity contribution < 1.29 is 9.21 Å². The number of furan rings is 1. The molecule has 0 spiro atoms. The molecule has 16 heavy (non-hydrogen) atoms. The molecule has 1 aliphatic rings. The Hall–Kier alpha value is -1.35. The van der Waals surface area contributed by atoms with Gasteiger partial charge in [0.2, 0.25) is 0 Å². The Morgan fingerprint density at radius 3 is 2.88 bits per heavy atom. The summed E-state index contributed by atoms with van der Waals surface area (Å²) in [4.78, 5) is 14.3. The van der Waals surface area contributed by atoms with Crippen LogP contribution in [0.4, 0.5) is 0 Å². The van der Waals surface area contributed by atoms with Crippen LogP contribution in [0.25, 0.3) is 6.08 Å². The Labute approximate surface area is 95.7 Å². The van der Waals surface area contributed by atoms with Crippen LogP contribution in [0.1, 0.15) is 19.6 Å². The number of likely N-dealkylation sites (N-methyl/N-ethyl adjacent to an activating group) is 1. The molecule has 2 heterocycles. The van der Waals surface area contributed by atoms with Crippen molar-refractivity contribution in [1.29, 1.82) is 0 Å². The minimum absolute atomic E-state index is 0.0717. The van der Waals surface area contributed by atoms with Gasteiger partial charge in [0.1, 0.15) is 5.76 Å². The number of likely N-dealkylation sites (tertiary alicyclic amines) is 1. The van der Waals surface area contributed by atoms with Gasteiger partial charge in [-0.3, -0.25) is 9.69 Å². The number of hydrogen-bond donors (Lipinski definition) is 0. The molecule has 86 valence electrons. The second-order valence-electron chi connectivity index (χ2n) is 4.50. The van der Waals surface area contributed by atoms with E-state index >= 15 is 0 Å². The summed E-state index contributed by atoms with van der Waals surface area (Å²) in [5.74, 6) is 1.06. The van der Waals surface area contributed by atoms with Gasteiger partial charge in [-0.1, -0.05) is 6.92 Å². The van der Waals surface area contributed by atoms with Crippen LogP contribution in [-0.2, 0) is 4.79 Å². The summed E-state index contributed by atoms with van der Waals surface area (Å²) >= 11 is 0. The van der Waals surface area contributed by atoms with Gasteiger partial charge in [-0.05, 0) is 32.2 Å². The molecule has 2 atom stereocenters. The summed E-state index contributed by atoms with van der Waals surface area (Å²) in [6.07, 6.45) is 3.48. The van der Waals surface area contributed by atoms with Gasteiger partial charge < -0.3 is 4.42 Å². The molecule has 0 amide bonds. The zero-order valence-corrected chi connectivity index (χ0v) is 9.93. The van der Waals surface area contributed by atoms with E-state index in [4.69, 9.17) is 4.42 Å². The van der Waals surface area contributed by atoms with E-state index in [-0.39, 0.29) is 17.7 Å². The maximum atomic E-state index is 12.1. The predicted molar refractivity (Wildman–Crippen MR) is 62.9 cm³/mol. The second-order valence-corrected chi connectivity index (χ2v) is 4.50. The van der Waals surface area contributed by atoms with E-state index in [1.165, 1.54) is 0 Å². The molecule has 0 aliphatic carbocycles. The van der Waals surface area contributed by atoms with Gasteiger partial charge in [0.05, 0.1) is 6.26 Å². The summed E-state index contributed by atoms with van der Waals surface area (Å²) in [5.41, 5.74) is 0.844. The van der Waals surface area contributed by atoms with Crippen LogP contribution in [0, 0.1) is 5.92 Å². The SMILES string of the molecule is C[C@@H]1CN(C)[C@H](C)C(=Cc2ccco2)C1=O. The van der Waals surface area contributed by atoms with Crippen molar-refractivity contribution in [2.24, 2.45) is 5.92 Å². The quantitative estimate of drug-likeness (QED) is 0.679. The number of carbonyl (C=O) groups is 1. The van der Waals surface area contributed by atoms with Crippen LogP contribution in [0.3, 0.4) is 0 Å². The van der Waals surface area contributed by atoms with Crippen molar-refractivity contribution in [2.75, 3.05) is 13.6 Å². The highest BCUT2D eigenvalue weighted by Gasteiger charge is 2.31. The van der Waals surface area contributed by atoms with Gasteiger partial charge in [-0.15, -0.1) is 0 Å². The number of hydrogen-bond acceptors (Lipinski definition) is 3. The molecule has 0 aromatic carbocycles. The maximum Gasteiger partial charge on any atom is 0.164 e. The van der Waals surface area contributed by atoms with Gasteiger partial charge in [-0.25, -0.2) is 0 Å². The molecule has 3 heteroatoms. The normalized spacial score (nSPS) is 29.9. The summed E-state index contributed by atoms with van der Waals surface area (Å²) < 4.78 is 5.26. The molecule has 1 fully saturated rings. The third kappa shape index (κ3) is 1.95. The highest BCUT2D eigenvalue weighted by molar-refractivity contribution is 6.02. The fourth-order valence-corrected chi connectivity index (χ4v) is 2.12. The molecule has 0 radical (unpaired) electrons. The van der Waals surface area contributed by atoms with Gasteiger partial charge in [0, 0.05) is 24.1 Å². The lowest BCUT2D eigenvalue weighted by molar-refractivity contribution is -0.121. The topological polar surface area (TPSA) is 33.5 Å². The molecule has 1 aliphatic heterocycles. The molecule has 3 nitrogen and oxygen atoms in total. The number of rotatable bonds is 1. The molecule has 1 aromatic rings. The van der Waals surface area contributed by atoms with E-state index in [9.17, 15) is 4.79 Å². The fourth-order valence-electron chi connectivity index (χ4n) is 2.12. The Kier molecular flexibility index (Phi) is 2.97. The summed E-state index contributed by atoms with van der Waals surface area (Å²) in [5, 5.41) is 0. The zero-order valence-electron chi connectivity index (χ0n) is 9.93. The number of piperidine rings is 1. The smallest absolute Gasteiger partial charge is 0.164 e. The molecule has 1 saturated heterocycles. The highest BCUT2D eigenvalue weighted by atomic mass is 16.3. The maximum absolute atomic E-state index is 12.1. The Balaban J connectivity index is 2.33. The molecule has 0 bridgehead atoms. The lowest BCUT2D eigenvalue weighted by atomic mass is 9.88. The highest BCUT2D eigenvalue weighted by Crippen LogP contribution is 2.24. The average molecular weight is 219 g/mol. The van der Waals surface area contributed by atoms with E-state index in [0.29, 0.717) is 0 Å². The second kappa shape index (κ2) is 4.26. The first-order valence-electron chi connectivity index (χ1n) is 5.59. The molecule has 2 rings (SSSR count). The van der Waals surface area contributed by atoms with Crippen LogP contribution >= 0.6 is 0 Å². The molecule has 1 aromatic heterocycles. The van der Waals surface area contributed by atoms with Crippen molar-refractivity contribution in [1.82, 2.24) is 4.90 Å². The first kappa shape index (κ1) is 11.1. The van der Waals surface area contributed by atoms with E-state index < -0.39 is 0 Å². The molecule has 0 saturated carbocycles.